The maximum absolute atomic E-state index is 14.0. The summed E-state index contributed by atoms with van der Waals surface area (Å²) in [4.78, 5) is 0. The van der Waals surface area contributed by atoms with Gasteiger partial charge in [-0.2, -0.15) is 0 Å². The maximum atomic E-state index is 14.0. The number of rotatable bonds is 3. The van der Waals surface area contributed by atoms with Gasteiger partial charge < -0.3 is 5.32 Å². The lowest BCUT2D eigenvalue weighted by Crippen LogP contribution is -2.21. The molecule has 0 bridgehead atoms. The van der Waals surface area contributed by atoms with Gasteiger partial charge in [0, 0.05) is 5.56 Å². The number of benzene rings is 2. The van der Waals surface area contributed by atoms with Crippen LogP contribution in [0.15, 0.2) is 24.3 Å². The molecule has 0 saturated heterocycles. The summed E-state index contributed by atoms with van der Waals surface area (Å²) in [5.74, 6) is -3.76. The van der Waals surface area contributed by atoms with Gasteiger partial charge in [0.05, 0.1) is 6.04 Å². The molecule has 1 N–H and O–H groups in total. The minimum atomic E-state index is -1.44. The normalized spacial score (nSPS) is 12.5. The highest BCUT2D eigenvalue weighted by molar-refractivity contribution is 5.43. The summed E-state index contributed by atoms with van der Waals surface area (Å²) in [6, 6.07) is 5.66. The van der Waals surface area contributed by atoms with Gasteiger partial charge in [0.25, 0.3) is 0 Å². The summed E-state index contributed by atoms with van der Waals surface area (Å²) in [5.41, 5.74) is 4.13. The molecule has 0 spiro atoms. The van der Waals surface area contributed by atoms with Crippen LogP contribution in [0.4, 0.5) is 13.2 Å². The Kier molecular flexibility index (Phi) is 4.37. The van der Waals surface area contributed by atoms with Crippen LogP contribution < -0.4 is 5.32 Å². The van der Waals surface area contributed by atoms with Crippen LogP contribution in [-0.4, -0.2) is 7.05 Å². The lowest BCUT2D eigenvalue weighted by Gasteiger charge is -2.21. The molecule has 0 fully saturated rings. The first kappa shape index (κ1) is 15.6. The van der Waals surface area contributed by atoms with E-state index in [1.54, 1.807) is 7.05 Å². The molecule has 0 aliphatic rings. The predicted molar refractivity (Wildman–Crippen MR) is 77.9 cm³/mol. The van der Waals surface area contributed by atoms with Crippen molar-refractivity contribution < 1.29 is 13.2 Å². The molecule has 21 heavy (non-hydrogen) atoms. The van der Waals surface area contributed by atoms with Crippen molar-refractivity contribution >= 4 is 0 Å². The second-order valence-corrected chi connectivity index (χ2v) is 5.28. The quantitative estimate of drug-likeness (QED) is 0.830. The Hall–Kier alpha value is -1.81. The van der Waals surface area contributed by atoms with E-state index in [4.69, 9.17) is 0 Å². The van der Waals surface area contributed by atoms with E-state index in [0.29, 0.717) is 0 Å². The summed E-state index contributed by atoms with van der Waals surface area (Å²) in [6.45, 7) is 5.88. The molecule has 1 nitrogen and oxygen atoms in total. The first-order chi connectivity index (χ1) is 9.86. The third-order valence-corrected chi connectivity index (χ3v) is 3.86. The second-order valence-electron chi connectivity index (χ2n) is 5.28. The topological polar surface area (TPSA) is 12.0 Å². The summed E-state index contributed by atoms with van der Waals surface area (Å²) >= 11 is 0. The summed E-state index contributed by atoms with van der Waals surface area (Å²) in [7, 11) is 1.67. The fraction of sp³-hybridized carbons (Fsp3) is 0.294. The molecular formula is C17H18F3N. The van der Waals surface area contributed by atoms with Crippen molar-refractivity contribution in [2.45, 2.75) is 26.8 Å². The lowest BCUT2D eigenvalue weighted by atomic mass is 9.91. The van der Waals surface area contributed by atoms with Crippen molar-refractivity contribution in [3.05, 3.63) is 69.5 Å². The van der Waals surface area contributed by atoms with Crippen molar-refractivity contribution in [1.82, 2.24) is 5.32 Å². The lowest BCUT2D eigenvalue weighted by molar-refractivity contribution is 0.435. The standard InChI is InChI=1S/C17H18F3N/c1-9-7-11(3)13(8-10(9)2)17(21-4)12-5-6-14(18)16(20)15(12)19/h5-8,17,21H,1-4H3. The third-order valence-electron chi connectivity index (χ3n) is 3.86. The Balaban J connectivity index is 2.60. The molecule has 0 amide bonds. The van der Waals surface area contributed by atoms with Crippen LogP contribution in [0.1, 0.15) is 33.9 Å². The van der Waals surface area contributed by atoms with Crippen LogP contribution in [0.25, 0.3) is 0 Å². The molecule has 1 atom stereocenters. The van der Waals surface area contributed by atoms with Crippen molar-refractivity contribution in [3.63, 3.8) is 0 Å². The smallest absolute Gasteiger partial charge is 0.194 e. The van der Waals surface area contributed by atoms with E-state index in [9.17, 15) is 13.2 Å². The van der Waals surface area contributed by atoms with Crippen molar-refractivity contribution in [2.24, 2.45) is 0 Å². The minimum absolute atomic E-state index is 0.0998. The predicted octanol–water partition coefficient (Wildman–Crippen LogP) is 4.34. The van der Waals surface area contributed by atoms with E-state index in [0.717, 1.165) is 28.3 Å². The van der Waals surface area contributed by atoms with Gasteiger partial charge in [0.15, 0.2) is 17.5 Å². The largest absolute Gasteiger partial charge is 0.309 e. The van der Waals surface area contributed by atoms with Gasteiger partial charge in [0.2, 0.25) is 0 Å². The average Bonchev–Trinajstić information content (AvgIpc) is 2.44. The van der Waals surface area contributed by atoms with Crippen molar-refractivity contribution in [2.75, 3.05) is 7.05 Å². The minimum Gasteiger partial charge on any atom is -0.309 e. The van der Waals surface area contributed by atoms with Crippen LogP contribution in [0.3, 0.4) is 0 Å². The van der Waals surface area contributed by atoms with E-state index in [2.05, 4.69) is 5.32 Å². The molecular weight excluding hydrogens is 275 g/mol. The Labute approximate surface area is 122 Å². The molecule has 0 saturated carbocycles. The van der Waals surface area contributed by atoms with Crippen LogP contribution in [-0.2, 0) is 0 Å². The molecule has 1 unspecified atom stereocenters. The van der Waals surface area contributed by atoms with Crippen LogP contribution in [0, 0.1) is 38.2 Å². The first-order valence-electron chi connectivity index (χ1n) is 6.75. The van der Waals surface area contributed by atoms with Gasteiger partial charge in [-0.3, -0.25) is 0 Å². The van der Waals surface area contributed by atoms with Gasteiger partial charge in [-0.1, -0.05) is 18.2 Å². The van der Waals surface area contributed by atoms with E-state index < -0.39 is 23.5 Å². The number of aryl methyl sites for hydroxylation is 3. The zero-order valence-electron chi connectivity index (χ0n) is 12.5. The molecule has 2 aromatic rings. The molecule has 4 heteroatoms. The fourth-order valence-corrected chi connectivity index (χ4v) is 2.54. The monoisotopic (exact) mass is 293 g/mol. The molecule has 2 rings (SSSR count). The zero-order chi connectivity index (χ0) is 15.7. The Morgan fingerprint density at radius 3 is 2.05 bits per heavy atom. The summed E-state index contributed by atoms with van der Waals surface area (Å²) < 4.78 is 40.6. The van der Waals surface area contributed by atoms with E-state index in [1.807, 2.05) is 32.9 Å². The molecule has 2 aromatic carbocycles. The van der Waals surface area contributed by atoms with Gasteiger partial charge in [-0.15, -0.1) is 0 Å². The first-order valence-corrected chi connectivity index (χ1v) is 6.75. The highest BCUT2D eigenvalue weighted by Crippen LogP contribution is 2.30. The molecule has 0 aromatic heterocycles. The molecule has 0 heterocycles. The molecule has 0 radical (unpaired) electrons. The van der Waals surface area contributed by atoms with Gasteiger partial charge >= 0.3 is 0 Å². The number of halogens is 3. The Morgan fingerprint density at radius 2 is 1.43 bits per heavy atom. The summed E-state index contributed by atoms with van der Waals surface area (Å²) in [5, 5.41) is 2.98. The highest BCUT2D eigenvalue weighted by atomic mass is 19.2. The molecule has 0 aliphatic carbocycles. The Morgan fingerprint density at radius 1 is 0.810 bits per heavy atom. The highest BCUT2D eigenvalue weighted by Gasteiger charge is 2.22. The SMILES string of the molecule is CNC(c1cc(C)c(C)cc1C)c1ccc(F)c(F)c1F. The number of nitrogens with one attached hydrogen (secondary N) is 1. The number of hydrogen-bond donors (Lipinski definition) is 1. The van der Waals surface area contributed by atoms with Crippen LogP contribution in [0.2, 0.25) is 0 Å². The maximum Gasteiger partial charge on any atom is 0.194 e. The zero-order valence-corrected chi connectivity index (χ0v) is 12.5. The van der Waals surface area contributed by atoms with E-state index >= 15 is 0 Å². The number of hydrogen-bond acceptors (Lipinski definition) is 1. The van der Waals surface area contributed by atoms with E-state index in [-0.39, 0.29) is 5.56 Å². The van der Waals surface area contributed by atoms with E-state index in [1.165, 1.54) is 6.07 Å². The summed E-state index contributed by atoms with van der Waals surface area (Å²) in [6.07, 6.45) is 0. The van der Waals surface area contributed by atoms with Gasteiger partial charge in [0.1, 0.15) is 0 Å². The molecule has 0 aliphatic heterocycles. The van der Waals surface area contributed by atoms with Crippen LogP contribution >= 0.6 is 0 Å². The molecule has 112 valence electrons. The van der Waals surface area contributed by atoms with Crippen molar-refractivity contribution in [1.29, 1.82) is 0 Å². The van der Waals surface area contributed by atoms with Crippen LogP contribution in [0.5, 0.6) is 0 Å². The average molecular weight is 293 g/mol. The van der Waals surface area contributed by atoms with Gasteiger partial charge in [-0.05, 0) is 56.1 Å². The second kappa shape index (κ2) is 5.90. The fourth-order valence-electron chi connectivity index (χ4n) is 2.54. The van der Waals surface area contributed by atoms with Gasteiger partial charge in [-0.25, -0.2) is 13.2 Å². The van der Waals surface area contributed by atoms with Crippen molar-refractivity contribution in [3.8, 4) is 0 Å². The Bertz CT molecular complexity index is 678. The third kappa shape index (κ3) is 2.81.